The summed E-state index contributed by atoms with van der Waals surface area (Å²) in [6.07, 6.45) is 2.39. The van der Waals surface area contributed by atoms with Crippen molar-refractivity contribution in [1.29, 1.82) is 0 Å². The molecule has 7 heteroatoms. The van der Waals surface area contributed by atoms with Crippen molar-refractivity contribution in [3.8, 4) is 0 Å². The van der Waals surface area contributed by atoms with Gasteiger partial charge in [-0.05, 0) is 17.7 Å². The number of amides is 1. The Balaban J connectivity index is 1.65. The molecule has 1 atom stereocenters. The van der Waals surface area contributed by atoms with Crippen LogP contribution in [0.25, 0.3) is 0 Å². The Labute approximate surface area is 144 Å². The molecule has 0 unspecified atom stereocenters. The Kier molecular flexibility index (Phi) is 5.32. The Bertz CT molecular complexity index is 771. The van der Waals surface area contributed by atoms with Crippen molar-refractivity contribution in [3.05, 3.63) is 65.9 Å². The summed E-state index contributed by atoms with van der Waals surface area (Å²) in [7, 11) is 0. The Morgan fingerprint density at radius 2 is 2.12 bits per heavy atom. The average Bonchev–Trinajstić information content (AvgIpc) is 3.30. The molecule has 2 heterocycles. The lowest BCUT2D eigenvalue weighted by atomic mass is 10.0. The number of carbonyl (C=O) groups is 1. The summed E-state index contributed by atoms with van der Waals surface area (Å²) in [6, 6.07) is 13.1. The molecule has 1 aromatic carbocycles. The second-order valence-electron chi connectivity index (χ2n) is 5.13. The van der Waals surface area contributed by atoms with E-state index < -0.39 is 0 Å². The Morgan fingerprint density at radius 1 is 1.29 bits per heavy atom. The molecule has 0 saturated heterocycles. The average molecular weight is 342 g/mol. The van der Waals surface area contributed by atoms with Crippen molar-refractivity contribution >= 4 is 17.7 Å². The predicted octanol–water partition coefficient (Wildman–Crippen LogP) is 2.96. The lowest BCUT2D eigenvalue weighted by molar-refractivity contribution is -0.119. The van der Waals surface area contributed by atoms with Gasteiger partial charge in [-0.25, -0.2) is 4.98 Å². The van der Waals surface area contributed by atoms with E-state index in [-0.39, 0.29) is 17.7 Å². The van der Waals surface area contributed by atoms with Crippen LogP contribution < -0.4 is 5.32 Å². The number of carbonyl (C=O) groups excluding carboxylic acids is 1. The van der Waals surface area contributed by atoms with Gasteiger partial charge in [0, 0.05) is 6.42 Å². The first-order valence-corrected chi connectivity index (χ1v) is 8.66. The van der Waals surface area contributed by atoms with E-state index in [1.54, 1.807) is 6.26 Å². The van der Waals surface area contributed by atoms with Gasteiger partial charge in [-0.15, -0.1) is 5.10 Å². The molecule has 3 rings (SSSR count). The van der Waals surface area contributed by atoms with E-state index in [1.807, 2.05) is 49.4 Å². The van der Waals surface area contributed by atoms with Crippen LogP contribution in [0.4, 0.5) is 0 Å². The zero-order valence-electron chi connectivity index (χ0n) is 13.2. The molecule has 2 aromatic heterocycles. The highest BCUT2D eigenvalue weighted by Gasteiger charge is 2.19. The number of H-pyrrole nitrogens is 1. The van der Waals surface area contributed by atoms with Crippen LogP contribution in [0.1, 0.15) is 30.1 Å². The van der Waals surface area contributed by atoms with Crippen molar-refractivity contribution in [3.63, 3.8) is 0 Å². The fourth-order valence-corrected chi connectivity index (χ4v) is 2.88. The molecule has 2 N–H and O–H groups in total. The molecule has 3 aromatic rings. The highest BCUT2D eigenvalue weighted by atomic mass is 32.2. The summed E-state index contributed by atoms with van der Waals surface area (Å²) in [6.45, 7) is 2.00. The molecule has 0 fully saturated rings. The van der Waals surface area contributed by atoms with Crippen LogP contribution in [-0.4, -0.2) is 26.8 Å². The van der Waals surface area contributed by atoms with E-state index in [4.69, 9.17) is 4.42 Å². The van der Waals surface area contributed by atoms with Gasteiger partial charge in [0.1, 0.15) is 17.6 Å². The molecule has 0 bridgehead atoms. The van der Waals surface area contributed by atoms with Gasteiger partial charge in [0.25, 0.3) is 0 Å². The van der Waals surface area contributed by atoms with Crippen molar-refractivity contribution in [2.75, 3.05) is 5.75 Å². The zero-order valence-corrected chi connectivity index (χ0v) is 14.0. The van der Waals surface area contributed by atoms with Gasteiger partial charge in [0.15, 0.2) is 0 Å². The predicted molar refractivity (Wildman–Crippen MR) is 91.6 cm³/mol. The molecule has 0 aliphatic heterocycles. The topological polar surface area (TPSA) is 83.8 Å². The van der Waals surface area contributed by atoms with Gasteiger partial charge in [0.05, 0.1) is 12.0 Å². The first-order chi connectivity index (χ1) is 11.8. The summed E-state index contributed by atoms with van der Waals surface area (Å²) in [5.74, 6) is 1.65. The molecule has 6 nitrogen and oxygen atoms in total. The quantitative estimate of drug-likeness (QED) is 0.645. The fourth-order valence-electron chi connectivity index (χ4n) is 2.25. The maximum absolute atomic E-state index is 12.3. The first-order valence-electron chi connectivity index (χ1n) is 7.68. The molecule has 0 aliphatic rings. The number of nitrogens with one attached hydrogen (secondary N) is 2. The zero-order chi connectivity index (χ0) is 16.8. The number of benzene rings is 1. The van der Waals surface area contributed by atoms with E-state index in [0.717, 1.165) is 17.8 Å². The van der Waals surface area contributed by atoms with Crippen LogP contribution in [0.3, 0.4) is 0 Å². The third-order valence-electron chi connectivity index (χ3n) is 3.44. The number of hydrogen-bond donors (Lipinski definition) is 2. The van der Waals surface area contributed by atoms with Crippen LogP contribution >= 0.6 is 11.8 Å². The summed E-state index contributed by atoms with van der Waals surface area (Å²) in [4.78, 5) is 16.6. The maximum Gasteiger partial charge on any atom is 0.231 e. The third-order valence-corrected chi connectivity index (χ3v) is 4.29. The standard InChI is InChI=1S/C17H18N4O2S/c1-2-14-18-17(21-20-14)24-11-15(22)19-16(13-9-6-10-23-13)12-7-4-3-5-8-12/h3-10,16H,2,11H2,1H3,(H,19,22)(H,18,20,21)/t16-/m1/s1. The molecule has 0 aliphatic carbocycles. The normalized spacial score (nSPS) is 12.0. The second-order valence-corrected chi connectivity index (χ2v) is 6.08. The molecule has 1 amide bonds. The number of aromatic nitrogens is 3. The van der Waals surface area contributed by atoms with Gasteiger partial charge in [-0.3, -0.25) is 9.89 Å². The molecular weight excluding hydrogens is 324 g/mol. The van der Waals surface area contributed by atoms with Crippen molar-refractivity contribution in [2.45, 2.75) is 24.5 Å². The highest BCUT2D eigenvalue weighted by Crippen LogP contribution is 2.23. The van der Waals surface area contributed by atoms with Crippen LogP contribution in [0, 0.1) is 0 Å². The molecule has 0 radical (unpaired) electrons. The number of thioether (sulfide) groups is 1. The number of hydrogen-bond acceptors (Lipinski definition) is 5. The molecular formula is C17H18N4O2S. The van der Waals surface area contributed by atoms with Crippen molar-refractivity contribution in [2.24, 2.45) is 0 Å². The summed E-state index contributed by atoms with van der Waals surface area (Å²) in [5, 5.41) is 10.5. The van der Waals surface area contributed by atoms with E-state index in [1.165, 1.54) is 11.8 Å². The van der Waals surface area contributed by atoms with Gasteiger partial charge >= 0.3 is 0 Å². The van der Waals surface area contributed by atoms with E-state index in [2.05, 4.69) is 20.5 Å². The minimum absolute atomic E-state index is 0.104. The van der Waals surface area contributed by atoms with Crippen LogP contribution in [-0.2, 0) is 11.2 Å². The third kappa shape index (κ3) is 4.05. The maximum atomic E-state index is 12.3. The van der Waals surface area contributed by atoms with E-state index in [0.29, 0.717) is 10.9 Å². The van der Waals surface area contributed by atoms with Crippen LogP contribution in [0.5, 0.6) is 0 Å². The SMILES string of the molecule is CCc1nc(SCC(=O)N[C@H](c2ccccc2)c2ccco2)n[nH]1. The molecule has 124 valence electrons. The summed E-state index contributed by atoms with van der Waals surface area (Å²) < 4.78 is 5.48. The minimum atomic E-state index is -0.312. The number of rotatable bonds is 7. The van der Waals surface area contributed by atoms with Gasteiger partial charge in [0.2, 0.25) is 11.1 Å². The smallest absolute Gasteiger partial charge is 0.231 e. The molecule has 24 heavy (non-hydrogen) atoms. The number of nitrogens with zero attached hydrogens (tertiary/aromatic N) is 2. The molecule has 0 spiro atoms. The van der Waals surface area contributed by atoms with Crippen LogP contribution in [0.15, 0.2) is 58.3 Å². The molecule has 0 saturated carbocycles. The second kappa shape index (κ2) is 7.83. The fraction of sp³-hybridized carbons (Fsp3) is 0.235. The Morgan fingerprint density at radius 3 is 2.79 bits per heavy atom. The number of furan rings is 1. The lowest BCUT2D eigenvalue weighted by Gasteiger charge is -2.16. The summed E-state index contributed by atoms with van der Waals surface area (Å²) in [5.41, 5.74) is 0.969. The largest absolute Gasteiger partial charge is 0.467 e. The van der Waals surface area contributed by atoms with Crippen LogP contribution in [0.2, 0.25) is 0 Å². The monoisotopic (exact) mass is 342 g/mol. The number of aryl methyl sites for hydroxylation is 1. The first kappa shape index (κ1) is 16.3. The van der Waals surface area contributed by atoms with Gasteiger partial charge in [-0.1, -0.05) is 49.0 Å². The Hall–Kier alpha value is -2.54. The van der Waals surface area contributed by atoms with E-state index >= 15 is 0 Å². The van der Waals surface area contributed by atoms with Gasteiger partial charge < -0.3 is 9.73 Å². The minimum Gasteiger partial charge on any atom is -0.467 e. The highest BCUT2D eigenvalue weighted by molar-refractivity contribution is 7.99. The summed E-state index contributed by atoms with van der Waals surface area (Å²) >= 11 is 1.30. The lowest BCUT2D eigenvalue weighted by Crippen LogP contribution is -2.30. The van der Waals surface area contributed by atoms with Crippen molar-refractivity contribution < 1.29 is 9.21 Å². The number of aromatic amines is 1. The van der Waals surface area contributed by atoms with Crippen molar-refractivity contribution in [1.82, 2.24) is 20.5 Å². The van der Waals surface area contributed by atoms with E-state index in [9.17, 15) is 4.79 Å². The van der Waals surface area contributed by atoms with Gasteiger partial charge in [-0.2, -0.15) is 0 Å².